The molecule has 7 rings (SSSR count). The molecule has 4 fully saturated rings. The largest absolute Gasteiger partial charge is 0.497 e. The van der Waals surface area contributed by atoms with Gasteiger partial charge in [-0.2, -0.15) is 0 Å². The van der Waals surface area contributed by atoms with Crippen LogP contribution in [-0.2, 0) is 35.6 Å². The molecule has 324 valence electrons. The average Bonchev–Trinajstić information content (AvgIpc) is 4.12. The van der Waals surface area contributed by atoms with E-state index in [-0.39, 0.29) is 24.8 Å². The average molecular weight is 847 g/mol. The fourth-order valence-corrected chi connectivity index (χ4v) is 10.1. The number of nitrogens with zero attached hydrogens (tertiary/aromatic N) is 3. The number of ether oxygens (including phenoxy) is 3. The fraction of sp³-hybridized carbons (Fsp3) is 0.707. The quantitative estimate of drug-likeness (QED) is 0.331. The zero-order valence-electron chi connectivity index (χ0n) is 34.7. The Hall–Kier alpha value is -4.35. The number of amides is 4. The fourth-order valence-electron chi connectivity index (χ4n) is 8.76. The van der Waals surface area contributed by atoms with Gasteiger partial charge in [0.15, 0.2) is 0 Å². The first-order chi connectivity index (χ1) is 27.6. The Kier molecular flexibility index (Phi) is 11.1. The van der Waals surface area contributed by atoms with Crippen molar-refractivity contribution in [2.24, 2.45) is 23.2 Å². The number of carbonyl (C=O) groups is 4. The zero-order chi connectivity index (χ0) is 42.9. The lowest BCUT2D eigenvalue weighted by molar-refractivity contribution is -0.144. The first-order valence-electron chi connectivity index (χ1n) is 20.6. The van der Waals surface area contributed by atoms with Crippen LogP contribution in [0.15, 0.2) is 18.2 Å². The van der Waals surface area contributed by atoms with E-state index in [1.807, 2.05) is 11.6 Å². The number of sulfonamides is 1. The van der Waals surface area contributed by atoms with Crippen molar-refractivity contribution < 1.29 is 50.6 Å². The standard InChI is InChI=1S/C41H56F2N6O9S/c1-8-24-29-21-49(30(24)33(50)47-41(20-25(41)32(42)43)36(52)48-59(54,55)39(5)16-17-39)35(51)31(38(2,3)4)46-37(53)58-40(6)19-22(40)12-10-9-11-13-27-34(57-29)45-28-18-23(56-7)14-15-26(28)44-27/h14-15,18,22,24-25,29-32H,8-13,16-17,19-21H2,1-7H3,(H,46,53)(H,47,50)(H,48,52)/t22-,24?,25+,29+,30+,31-,40-,41-/m1/s1. The number of benzene rings is 1. The van der Waals surface area contributed by atoms with Crippen LogP contribution in [0, 0.1) is 23.2 Å². The molecule has 3 saturated carbocycles. The lowest BCUT2D eigenvalue weighted by atomic mass is 9.85. The van der Waals surface area contributed by atoms with Crippen LogP contribution in [0.4, 0.5) is 13.6 Å². The van der Waals surface area contributed by atoms with Gasteiger partial charge >= 0.3 is 6.09 Å². The molecule has 2 aromatic rings. The minimum Gasteiger partial charge on any atom is -0.497 e. The van der Waals surface area contributed by atoms with Gasteiger partial charge in [-0.3, -0.25) is 19.1 Å². The molecular formula is C41H56F2N6O9S. The molecule has 8 atom stereocenters. The van der Waals surface area contributed by atoms with E-state index < -0.39 is 98.0 Å². The Labute approximate surface area is 343 Å². The monoisotopic (exact) mass is 846 g/mol. The van der Waals surface area contributed by atoms with Gasteiger partial charge in [-0.05, 0) is 82.8 Å². The molecular weight excluding hydrogens is 791 g/mol. The number of aryl methyl sites for hydroxylation is 1. The first kappa shape index (κ1) is 42.8. The van der Waals surface area contributed by atoms with Crippen LogP contribution in [0.25, 0.3) is 11.0 Å². The molecule has 3 N–H and O–H groups in total. The van der Waals surface area contributed by atoms with Crippen molar-refractivity contribution >= 4 is 44.9 Å². The SMILES string of the molecule is CCC1[C@@H]2CN(C(=O)[C@H](C(C)(C)C)NC(=O)O[C@]3(C)C[C@H]3CCCCCc3nc4ccc(OC)cc4nc3O2)[C@@H]1C(=O)N[C@]1(C(=O)NS(=O)(=O)C2(C)CC2)C[C@H]1C(F)F. The van der Waals surface area contributed by atoms with Crippen molar-refractivity contribution in [3.05, 3.63) is 23.9 Å². The van der Waals surface area contributed by atoms with Crippen LogP contribution < -0.4 is 24.8 Å². The van der Waals surface area contributed by atoms with E-state index in [4.69, 9.17) is 24.2 Å². The number of fused-ring (bicyclic) bond motifs is 5. The molecule has 4 amide bonds. The van der Waals surface area contributed by atoms with Gasteiger partial charge in [0.1, 0.15) is 40.8 Å². The predicted molar refractivity (Wildman–Crippen MR) is 211 cm³/mol. The van der Waals surface area contributed by atoms with Gasteiger partial charge < -0.3 is 29.7 Å². The van der Waals surface area contributed by atoms with Crippen LogP contribution in [0.3, 0.4) is 0 Å². The maximum Gasteiger partial charge on any atom is 0.408 e. The molecule has 2 aliphatic heterocycles. The summed E-state index contributed by atoms with van der Waals surface area (Å²) >= 11 is 0. The summed E-state index contributed by atoms with van der Waals surface area (Å²) in [5, 5.41) is 5.29. The van der Waals surface area contributed by atoms with Crippen LogP contribution in [0.5, 0.6) is 11.6 Å². The Morgan fingerprint density at radius 3 is 2.44 bits per heavy atom. The van der Waals surface area contributed by atoms with Crippen molar-refractivity contribution in [1.82, 2.24) is 30.2 Å². The minimum atomic E-state index is -4.25. The second kappa shape index (κ2) is 15.3. The molecule has 3 aliphatic carbocycles. The van der Waals surface area contributed by atoms with E-state index in [1.165, 1.54) is 18.9 Å². The number of halogens is 2. The number of nitrogens with one attached hydrogen (secondary N) is 3. The molecule has 0 spiro atoms. The summed E-state index contributed by atoms with van der Waals surface area (Å²) in [7, 11) is -2.71. The number of carbonyl (C=O) groups excluding carboxylic acids is 4. The second-order valence-corrected chi connectivity index (χ2v) is 20.8. The number of alkyl halides is 2. The summed E-state index contributed by atoms with van der Waals surface area (Å²) in [6.45, 7) is 10.2. The number of hydrogen-bond donors (Lipinski definition) is 3. The summed E-state index contributed by atoms with van der Waals surface area (Å²) in [5.74, 6) is -4.39. The molecule has 0 radical (unpaired) electrons. The highest BCUT2D eigenvalue weighted by Gasteiger charge is 2.68. The molecule has 2 bridgehead atoms. The van der Waals surface area contributed by atoms with E-state index >= 15 is 0 Å². The van der Waals surface area contributed by atoms with Crippen molar-refractivity contribution in [1.29, 1.82) is 0 Å². The minimum absolute atomic E-state index is 0.147. The Bertz CT molecular complexity index is 2130. The van der Waals surface area contributed by atoms with Crippen LogP contribution in [0.1, 0.15) is 105 Å². The summed E-state index contributed by atoms with van der Waals surface area (Å²) in [5.41, 5.74) is -2.16. The number of methoxy groups -OCH3 is 1. The number of aromatic nitrogens is 2. The van der Waals surface area contributed by atoms with Gasteiger partial charge in [-0.15, -0.1) is 0 Å². The third-order valence-electron chi connectivity index (χ3n) is 13.2. The summed E-state index contributed by atoms with van der Waals surface area (Å²) in [6.07, 6.45) is 0.142. The van der Waals surface area contributed by atoms with Crippen molar-refractivity contribution in [3.63, 3.8) is 0 Å². The first-order valence-corrected chi connectivity index (χ1v) is 22.1. The number of rotatable bonds is 8. The van der Waals surface area contributed by atoms with Gasteiger partial charge in [0.2, 0.25) is 34.1 Å². The normalized spacial score (nSPS) is 32.0. The maximum atomic E-state index is 14.9. The van der Waals surface area contributed by atoms with Gasteiger partial charge in [-0.25, -0.2) is 32.0 Å². The van der Waals surface area contributed by atoms with E-state index in [0.717, 1.165) is 25.7 Å². The molecule has 1 aromatic carbocycles. The van der Waals surface area contributed by atoms with Crippen molar-refractivity contribution in [2.75, 3.05) is 13.7 Å². The Morgan fingerprint density at radius 2 is 1.81 bits per heavy atom. The lowest BCUT2D eigenvalue weighted by Crippen LogP contribution is -2.61. The van der Waals surface area contributed by atoms with Crippen LogP contribution in [-0.4, -0.2) is 101 Å². The molecule has 18 heteroatoms. The summed E-state index contributed by atoms with van der Waals surface area (Å²) in [6, 6.07) is 2.70. The molecule has 1 unspecified atom stereocenters. The van der Waals surface area contributed by atoms with Crippen molar-refractivity contribution in [3.8, 4) is 11.6 Å². The van der Waals surface area contributed by atoms with E-state index in [9.17, 15) is 36.4 Å². The summed E-state index contributed by atoms with van der Waals surface area (Å²) < 4.78 is 73.8. The van der Waals surface area contributed by atoms with Crippen molar-refractivity contribution in [2.45, 2.75) is 146 Å². The smallest absolute Gasteiger partial charge is 0.408 e. The molecule has 59 heavy (non-hydrogen) atoms. The van der Waals surface area contributed by atoms with E-state index in [0.29, 0.717) is 48.2 Å². The maximum absolute atomic E-state index is 14.9. The highest BCUT2D eigenvalue weighted by atomic mass is 32.2. The van der Waals surface area contributed by atoms with Crippen LogP contribution in [0.2, 0.25) is 0 Å². The Morgan fingerprint density at radius 1 is 1.08 bits per heavy atom. The van der Waals surface area contributed by atoms with E-state index in [1.54, 1.807) is 45.9 Å². The number of alkyl carbamates (subject to hydrolysis) is 1. The molecule has 1 saturated heterocycles. The highest BCUT2D eigenvalue weighted by Crippen LogP contribution is 2.51. The van der Waals surface area contributed by atoms with E-state index in [2.05, 4.69) is 10.6 Å². The van der Waals surface area contributed by atoms with Gasteiger partial charge in [0, 0.05) is 17.9 Å². The Balaban J connectivity index is 1.28. The van der Waals surface area contributed by atoms with Crippen LogP contribution >= 0.6 is 0 Å². The second-order valence-electron chi connectivity index (χ2n) is 18.6. The number of hydrogen-bond acceptors (Lipinski definition) is 11. The molecule has 5 aliphatic rings. The summed E-state index contributed by atoms with van der Waals surface area (Å²) in [4.78, 5) is 67.9. The zero-order valence-corrected chi connectivity index (χ0v) is 35.5. The predicted octanol–water partition coefficient (Wildman–Crippen LogP) is 4.80. The topological polar surface area (TPSA) is 195 Å². The third-order valence-corrected chi connectivity index (χ3v) is 15.4. The lowest BCUT2D eigenvalue weighted by Gasteiger charge is -2.36. The van der Waals surface area contributed by atoms with Gasteiger partial charge in [-0.1, -0.05) is 40.5 Å². The molecule has 15 nitrogen and oxygen atoms in total. The third kappa shape index (κ3) is 8.26. The molecule has 1 aromatic heterocycles. The van der Waals surface area contributed by atoms with Gasteiger partial charge in [0.25, 0.3) is 5.91 Å². The molecule has 3 heterocycles. The van der Waals surface area contributed by atoms with Gasteiger partial charge in [0.05, 0.1) is 35.4 Å². The highest BCUT2D eigenvalue weighted by molar-refractivity contribution is 7.91.